The lowest BCUT2D eigenvalue weighted by Gasteiger charge is -2.10. The highest BCUT2D eigenvalue weighted by Crippen LogP contribution is 2.23. The van der Waals surface area contributed by atoms with Crippen LogP contribution in [0.4, 0.5) is 0 Å². The van der Waals surface area contributed by atoms with Gasteiger partial charge in [-0.3, -0.25) is 4.79 Å². The van der Waals surface area contributed by atoms with Crippen molar-refractivity contribution in [2.24, 2.45) is 5.92 Å². The Morgan fingerprint density at radius 3 is 2.61 bits per heavy atom. The van der Waals surface area contributed by atoms with E-state index in [2.05, 4.69) is 25.8 Å². The van der Waals surface area contributed by atoms with Gasteiger partial charge in [0.15, 0.2) is 11.6 Å². The molecule has 152 valence electrons. The first-order valence-electron chi connectivity index (χ1n) is 11.1. The van der Waals surface area contributed by atoms with E-state index >= 15 is 0 Å². The molecule has 0 saturated heterocycles. The summed E-state index contributed by atoms with van der Waals surface area (Å²) in [4.78, 5) is 22.0. The summed E-state index contributed by atoms with van der Waals surface area (Å²) < 4.78 is 0. The molecule has 1 aromatic carbocycles. The minimum Gasteiger partial charge on any atom is -0.294 e. The highest BCUT2D eigenvalue weighted by atomic mass is 16.1. The summed E-state index contributed by atoms with van der Waals surface area (Å²) in [5, 5.41) is 0. The van der Waals surface area contributed by atoms with Gasteiger partial charge in [-0.15, -0.1) is 0 Å². The summed E-state index contributed by atoms with van der Waals surface area (Å²) >= 11 is 0. The number of aromatic nitrogens is 2. The van der Waals surface area contributed by atoms with Gasteiger partial charge in [0.1, 0.15) is 0 Å². The largest absolute Gasteiger partial charge is 0.294 e. The lowest BCUT2D eigenvalue weighted by molar-refractivity contribution is 0.0979. The minimum atomic E-state index is 0.205. The van der Waals surface area contributed by atoms with Gasteiger partial charge < -0.3 is 0 Å². The van der Waals surface area contributed by atoms with Gasteiger partial charge in [0.25, 0.3) is 0 Å². The second-order valence-electron chi connectivity index (χ2n) is 7.91. The molecule has 1 heterocycles. The maximum absolute atomic E-state index is 12.8. The molecule has 3 nitrogen and oxygen atoms in total. The van der Waals surface area contributed by atoms with Crippen LogP contribution in [0.3, 0.4) is 0 Å². The number of unbranched alkanes of at least 4 members (excludes halogenated alkanes) is 4. The van der Waals surface area contributed by atoms with Crippen LogP contribution in [-0.4, -0.2) is 15.8 Å². The number of carbonyl (C=O) groups excluding carboxylic acids is 1. The van der Waals surface area contributed by atoms with Crippen molar-refractivity contribution in [3.8, 4) is 11.4 Å². The molecule has 1 atom stereocenters. The molecule has 2 rings (SSSR count). The van der Waals surface area contributed by atoms with E-state index < -0.39 is 0 Å². The molecule has 1 aromatic heterocycles. The summed E-state index contributed by atoms with van der Waals surface area (Å²) in [6, 6.07) is 9.79. The first-order chi connectivity index (χ1) is 13.7. The summed E-state index contributed by atoms with van der Waals surface area (Å²) in [6.07, 6.45) is 12.8. The van der Waals surface area contributed by atoms with Gasteiger partial charge in [-0.2, -0.15) is 0 Å². The molecule has 0 amide bonds. The van der Waals surface area contributed by atoms with Crippen molar-refractivity contribution in [1.29, 1.82) is 0 Å². The quantitative estimate of drug-likeness (QED) is 0.276. The SMILES string of the molecule is CCCCCCc1ccnc(-c2ccccc2C(=O)CCCCC(C)CC)n1. The van der Waals surface area contributed by atoms with Crippen LogP contribution in [0.15, 0.2) is 36.5 Å². The highest BCUT2D eigenvalue weighted by molar-refractivity contribution is 6.01. The number of carbonyl (C=O) groups is 1. The van der Waals surface area contributed by atoms with Gasteiger partial charge >= 0.3 is 0 Å². The number of Topliss-reactive ketones (excluding diaryl/α,β-unsaturated/α-hetero) is 1. The molecule has 0 spiro atoms. The number of rotatable bonds is 13. The van der Waals surface area contributed by atoms with E-state index in [0.717, 1.165) is 48.4 Å². The molecule has 0 N–H and O–H groups in total. The van der Waals surface area contributed by atoms with Gasteiger partial charge in [0.05, 0.1) is 0 Å². The molecule has 2 aromatic rings. The molecule has 1 unspecified atom stereocenters. The Labute approximate surface area is 171 Å². The van der Waals surface area contributed by atoms with Crippen molar-refractivity contribution in [2.45, 2.75) is 85.0 Å². The van der Waals surface area contributed by atoms with E-state index in [1.165, 1.54) is 32.1 Å². The van der Waals surface area contributed by atoms with Gasteiger partial charge in [0.2, 0.25) is 0 Å². The van der Waals surface area contributed by atoms with Gasteiger partial charge in [-0.1, -0.05) is 83.6 Å². The summed E-state index contributed by atoms with van der Waals surface area (Å²) in [6.45, 7) is 6.73. The average molecular weight is 381 g/mol. The predicted molar refractivity (Wildman–Crippen MR) is 118 cm³/mol. The lowest BCUT2D eigenvalue weighted by atomic mass is 9.96. The van der Waals surface area contributed by atoms with Crippen LogP contribution in [0.2, 0.25) is 0 Å². The highest BCUT2D eigenvalue weighted by Gasteiger charge is 2.14. The smallest absolute Gasteiger partial charge is 0.163 e. The molecule has 0 fully saturated rings. The minimum absolute atomic E-state index is 0.205. The van der Waals surface area contributed by atoms with E-state index in [0.29, 0.717) is 12.2 Å². The maximum atomic E-state index is 12.8. The predicted octanol–water partition coefficient (Wildman–Crippen LogP) is 7.06. The van der Waals surface area contributed by atoms with Gasteiger partial charge in [-0.05, 0) is 31.2 Å². The number of hydrogen-bond acceptors (Lipinski definition) is 3. The second kappa shape index (κ2) is 12.4. The van der Waals surface area contributed by atoms with Crippen molar-refractivity contribution in [3.05, 3.63) is 47.8 Å². The molecule has 0 aliphatic rings. The third-order valence-electron chi connectivity index (χ3n) is 5.52. The Hall–Kier alpha value is -2.03. The van der Waals surface area contributed by atoms with Crippen molar-refractivity contribution in [1.82, 2.24) is 9.97 Å². The van der Waals surface area contributed by atoms with E-state index in [-0.39, 0.29) is 5.78 Å². The fraction of sp³-hybridized carbons (Fsp3) is 0.560. The fourth-order valence-corrected chi connectivity index (χ4v) is 3.44. The van der Waals surface area contributed by atoms with Gasteiger partial charge in [-0.25, -0.2) is 9.97 Å². The molecule has 0 aliphatic carbocycles. The molecule has 0 saturated carbocycles. The van der Waals surface area contributed by atoms with E-state index in [4.69, 9.17) is 4.98 Å². The van der Waals surface area contributed by atoms with Crippen LogP contribution < -0.4 is 0 Å². The molecule has 0 aliphatic heterocycles. The Bertz CT molecular complexity index is 726. The Morgan fingerprint density at radius 2 is 1.82 bits per heavy atom. The van der Waals surface area contributed by atoms with Crippen molar-refractivity contribution < 1.29 is 4.79 Å². The van der Waals surface area contributed by atoms with E-state index in [9.17, 15) is 4.79 Å². The molecular formula is C25H36N2O. The third kappa shape index (κ3) is 7.18. The molecule has 0 bridgehead atoms. The van der Waals surface area contributed by atoms with Crippen molar-refractivity contribution in [3.63, 3.8) is 0 Å². The Balaban J connectivity index is 2.03. The standard InChI is InChI=1S/C25H36N2O/c1-4-6-7-8-14-21-18-19-26-25(27-21)23-16-11-10-15-22(23)24(28)17-12-9-13-20(3)5-2/h10-11,15-16,18-20H,4-9,12-14,17H2,1-3H3. The first kappa shape index (κ1) is 22.3. The molecule has 3 heteroatoms. The summed E-state index contributed by atoms with van der Waals surface area (Å²) in [7, 11) is 0. The monoisotopic (exact) mass is 380 g/mol. The zero-order valence-corrected chi connectivity index (χ0v) is 17.9. The van der Waals surface area contributed by atoms with E-state index in [1.54, 1.807) is 0 Å². The zero-order valence-electron chi connectivity index (χ0n) is 17.9. The van der Waals surface area contributed by atoms with Crippen LogP contribution in [0.5, 0.6) is 0 Å². The van der Waals surface area contributed by atoms with Crippen LogP contribution in [0.1, 0.15) is 94.6 Å². The zero-order chi connectivity index (χ0) is 20.2. The molecular weight excluding hydrogens is 344 g/mol. The number of nitrogens with zero attached hydrogens (tertiary/aromatic N) is 2. The maximum Gasteiger partial charge on any atom is 0.163 e. The Kier molecular flexibility index (Phi) is 9.88. The number of ketones is 1. The summed E-state index contributed by atoms with van der Waals surface area (Å²) in [5.74, 6) is 1.63. The molecule has 28 heavy (non-hydrogen) atoms. The van der Waals surface area contributed by atoms with E-state index in [1.807, 2.05) is 36.5 Å². The fourth-order valence-electron chi connectivity index (χ4n) is 3.44. The van der Waals surface area contributed by atoms with Crippen LogP contribution in [0.25, 0.3) is 11.4 Å². The van der Waals surface area contributed by atoms with Crippen LogP contribution >= 0.6 is 0 Å². The normalized spacial score (nSPS) is 12.1. The summed E-state index contributed by atoms with van der Waals surface area (Å²) in [5.41, 5.74) is 2.69. The van der Waals surface area contributed by atoms with Crippen molar-refractivity contribution >= 4 is 5.78 Å². The number of aryl methyl sites for hydroxylation is 1. The molecule has 0 radical (unpaired) electrons. The Morgan fingerprint density at radius 1 is 1.00 bits per heavy atom. The average Bonchev–Trinajstić information content (AvgIpc) is 2.74. The number of hydrogen-bond donors (Lipinski definition) is 0. The van der Waals surface area contributed by atoms with Crippen molar-refractivity contribution in [2.75, 3.05) is 0 Å². The van der Waals surface area contributed by atoms with Crippen LogP contribution in [-0.2, 0) is 6.42 Å². The third-order valence-corrected chi connectivity index (χ3v) is 5.52. The topological polar surface area (TPSA) is 42.9 Å². The number of benzene rings is 1. The lowest BCUT2D eigenvalue weighted by Crippen LogP contribution is -2.04. The second-order valence-corrected chi connectivity index (χ2v) is 7.91. The first-order valence-corrected chi connectivity index (χ1v) is 11.1. The van der Waals surface area contributed by atoms with Crippen LogP contribution in [0, 0.1) is 5.92 Å². The van der Waals surface area contributed by atoms with Gasteiger partial charge in [0, 0.05) is 29.4 Å².